The number of nitrogens with zero attached hydrogens (tertiary/aromatic N) is 1. The van der Waals surface area contributed by atoms with Crippen LogP contribution < -0.4 is 14.8 Å². The van der Waals surface area contributed by atoms with E-state index in [1.54, 1.807) is 13.2 Å². The summed E-state index contributed by atoms with van der Waals surface area (Å²) in [6.45, 7) is 1.13. The highest BCUT2D eigenvalue weighted by atomic mass is 32.2. The lowest BCUT2D eigenvalue weighted by Gasteiger charge is -2.59. The van der Waals surface area contributed by atoms with Crippen LogP contribution in [0.3, 0.4) is 0 Å². The van der Waals surface area contributed by atoms with E-state index in [0.29, 0.717) is 23.5 Å². The maximum Gasteiger partial charge on any atom is 0.266 e. The van der Waals surface area contributed by atoms with E-state index in [9.17, 15) is 13.5 Å². The van der Waals surface area contributed by atoms with Gasteiger partial charge in [-0.1, -0.05) is 0 Å². The van der Waals surface area contributed by atoms with Crippen LogP contribution in [0.1, 0.15) is 30.4 Å². The molecule has 3 N–H and O–H groups in total. The summed E-state index contributed by atoms with van der Waals surface area (Å²) in [6, 6.07) is 2.00. The van der Waals surface area contributed by atoms with Crippen LogP contribution in [0.4, 0.5) is 0 Å². The van der Waals surface area contributed by atoms with Gasteiger partial charge < -0.3 is 24.8 Å². The maximum atomic E-state index is 11.1. The van der Waals surface area contributed by atoms with Crippen molar-refractivity contribution in [1.29, 1.82) is 0 Å². The number of hydrogen-bond acceptors (Lipinski definition) is 7. The van der Waals surface area contributed by atoms with Crippen molar-refractivity contribution >= 4 is 10.1 Å². The van der Waals surface area contributed by atoms with Gasteiger partial charge in [-0.05, 0) is 45.2 Å². The molecule has 1 aromatic rings. The molecular formula is C20H28N2O6S. The van der Waals surface area contributed by atoms with E-state index in [1.807, 2.05) is 0 Å². The van der Waals surface area contributed by atoms with Gasteiger partial charge in [-0.25, -0.2) is 0 Å². The molecule has 1 saturated heterocycles. The quantitative estimate of drug-likeness (QED) is 0.599. The number of piperidine rings is 1. The van der Waals surface area contributed by atoms with Crippen molar-refractivity contribution in [3.63, 3.8) is 0 Å². The molecule has 8 nitrogen and oxygen atoms in total. The van der Waals surface area contributed by atoms with E-state index < -0.39 is 10.1 Å². The molecule has 0 radical (unpaired) electrons. The molecule has 2 fully saturated rings. The molecule has 0 aromatic heterocycles. The number of phenolic OH excluding ortho intramolecular Hbond substituents is 1. The third-order valence-electron chi connectivity index (χ3n) is 7.67. The molecule has 5 rings (SSSR count). The number of likely N-dealkylation sites (tertiary alicyclic amines) is 1. The third kappa shape index (κ3) is 2.71. The molecule has 2 heterocycles. The summed E-state index contributed by atoms with van der Waals surface area (Å²) in [7, 11) is -0.203. The fourth-order valence-corrected chi connectivity index (χ4v) is 6.93. The highest BCUT2D eigenvalue weighted by Crippen LogP contribution is 2.65. The first-order valence-electron chi connectivity index (χ1n) is 10.2. The van der Waals surface area contributed by atoms with Gasteiger partial charge >= 0.3 is 0 Å². The molecule has 2 aliphatic carbocycles. The number of nitrogens with one attached hydrogen (secondary N) is 1. The second kappa shape index (κ2) is 6.47. The molecule has 2 aliphatic heterocycles. The topological polar surface area (TPSA) is 108 Å². The summed E-state index contributed by atoms with van der Waals surface area (Å²) in [5.41, 5.74) is 2.03. The van der Waals surface area contributed by atoms with Gasteiger partial charge in [0.05, 0.1) is 12.9 Å². The Bertz CT molecular complexity index is 951. The highest BCUT2D eigenvalue weighted by Gasteiger charge is 2.65. The van der Waals surface area contributed by atoms with Gasteiger partial charge in [-0.2, -0.15) is 8.42 Å². The number of aromatic hydroxyl groups is 1. The number of phenols is 1. The fraction of sp³-hybridized carbons (Fsp3) is 0.700. The number of benzene rings is 1. The zero-order valence-electron chi connectivity index (χ0n) is 16.7. The molecule has 2 bridgehead atoms. The second-order valence-corrected chi connectivity index (χ2v) is 10.5. The van der Waals surface area contributed by atoms with Gasteiger partial charge in [0.2, 0.25) is 0 Å². The van der Waals surface area contributed by atoms with Crippen molar-refractivity contribution in [2.45, 2.75) is 49.3 Å². The number of methoxy groups -OCH3 is 1. The summed E-state index contributed by atoms with van der Waals surface area (Å²) in [6.07, 6.45) is 3.51. The first kappa shape index (κ1) is 19.4. The highest BCUT2D eigenvalue weighted by molar-refractivity contribution is 7.85. The monoisotopic (exact) mass is 424 g/mol. The number of rotatable bonds is 5. The fourth-order valence-electron chi connectivity index (χ4n) is 6.55. The molecule has 0 unspecified atom stereocenters. The molecule has 29 heavy (non-hydrogen) atoms. The van der Waals surface area contributed by atoms with Gasteiger partial charge in [0, 0.05) is 41.2 Å². The lowest BCUT2D eigenvalue weighted by Crippen LogP contribution is -2.68. The molecule has 1 spiro atoms. The zero-order chi connectivity index (χ0) is 20.6. The minimum absolute atomic E-state index is 0.0409. The summed E-state index contributed by atoms with van der Waals surface area (Å²) in [5, 5.41) is 14.0. The van der Waals surface area contributed by atoms with Crippen LogP contribution in [0.25, 0.3) is 0 Å². The van der Waals surface area contributed by atoms with Gasteiger partial charge in [-0.3, -0.25) is 4.55 Å². The smallest absolute Gasteiger partial charge is 0.266 e. The van der Waals surface area contributed by atoms with E-state index in [4.69, 9.17) is 14.0 Å². The van der Waals surface area contributed by atoms with Crippen molar-refractivity contribution in [2.24, 2.45) is 5.92 Å². The third-order valence-corrected chi connectivity index (χ3v) is 8.39. The molecule has 160 valence electrons. The van der Waals surface area contributed by atoms with Gasteiger partial charge in [0.15, 0.2) is 11.5 Å². The van der Waals surface area contributed by atoms with Crippen LogP contribution in [0.5, 0.6) is 17.2 Å². The van der Waals surface area contributed by atoms with Crippen LogP contribution in [0.15, 0.2) is 6.07 Å². The Labute approximate surface area is 170 Å². The summed E-state index contributed by atoms with van der Waals surface area (Å²) in [5.74, 6) is 1.49. The van der Waals surface area contributed by atoms with Gasteiger partial charge in [0.25, 0.3) is 10.1 Å². The Morgan fingerprint density at radius 2 is 2.21 bits per heavy atom. The van der Waals surface area contributed by atoms with Crippen LogP contribution >= 0.6 is 0 Å². The van der Waals surface area contributed by atoms with Crippen molar-refractivity contribution < 1.29 is 27.6 Å². The molecule has 5 atom stereocenters. The van der Waals surface area contributed by atoms with Crippen molar-refractivity contribution in [2.75, 3.05) is 33.0 Å². The molecule has 0 amide bonds. The van der Waals surface area contributed by atoms with Gasteiger partial charge in [0.1, 0.15) is 11.9 Å². The lowest BCUT2D eigenvalue weighted by atomic mass is 9.51. The van der Waals surface area contributed by atoms with E-state index in [1.165, 1.54) is 0 Å². The van der Waals surface area contributed by atoms with E-state index in [-0.39, 0.29) is 35.6 Å². The summed E-state index contributed by atoms with van der Waals surface area (Å²) in [4.78, 5) is 2.44. The molecule has 4 aliphatic rings. The standard InChI is InChI=1S/C20H28N2O6S/c1-22-7-5-20-12-3-4-13(21-6-8-29(24,25)26)19(20)28-18-15(23)10-16(27-2)11(17(18)20)9-14(12)22/h10,12-14,19,21,23H,3-9H2,1-2H3,(H,24,25,26)/t12-,13-,14+,19-,20-/m0/s1. The second-order valence-electron chi connectivity index (χ2n) is 8.89. The van der Waals surface area contributed by atoms with Crippen LogP contribution in [0, 0.1) is 5.92 Å². The van der Waals surface area contributed by atoms with E-state index >= 15 is 0 Å². The minimum atomic E-state index is -4.01. The Kier molecular flexibility index (Phi) is 4.33. The van der Waals surface area contributed by atoms with Crippen LogP contribution in [-0.4, -0.2) is 74.2 Å². The Morgan fingerprint density at radius 1 is 1.41 bits per heavy atom. The average molecular weight is 425 g/mol. The van der Waals surface area contributed by atoms with Gasteiger partial charge in [-0.15, -0.1) is 0 Å². The minimum Gasteiger partial charge on any atom is -0.504 e. The molecular weight excluding hydrogens is 396 g/mol. The SMILES string of the molecule is COc1cc(O)c2c3c1C[C@@H]1[C@@H]4CC[C@H](NCCS(=O)(=O)O)[C@H](O2)[C@]34CCN1C. The number of likely N-dealkylation sites (N-methyl/N-ethyl adjacent to an activating group) is 1. The molecule has 9 heteroatoms. The number of hydrogen-bond donors (Lipinski definition) is 3. The first-order chi connectivity index (χ1) is 13.8. The average Bonchev–Trinajstić information content (AvgIpc) is 3.01. The summed E-state index contributed by atoms with van der Waals surface area (Å²) < 4.78 is 43.4. The molecule has 1 aromatic carbocycles. The van der Waals surface area contributed by atoms with Crippen LogP contribution in [-0.2, 0) is 22.0 Å². The Balaban J connectivity index is 1.58. The summed E-state index contributed by atoms with van der Waals surface area (Å²) >= 11 is 0. The van der Waals surface area contributed by atoms with E-state index in [0.717, 1.165) is 43.4 Å². The Hall–Kier alpha value is -1.55. The maximum absolute atomic E-state index is 11.1. The normalized spacial score (nSPS) is 35.1. The predicted octanol–water partition coefficient (Wildman–Crippen LogP) is 0.916. The number of ether oxygens (including phenoxy) is 2. The van der Waals surface area contributed by atoms with E-state index in [2.05, 4.69) is 17.3 Å². The van der Waals surface area contributed by atoms with Crippen molar-refractivity contribution in [3.8, 4) is 17.2 Å². The molecule has 1 saturated carbocycles. The largest absolute Gasteiger partial charge is 0.504 e. The van der Waals surface area contributed by atoms with Crippen LogP contribution in [0.2, 0.25) is 0 Å². The van der Waals surface area contributed by atoms with Crippen molar-refractivity contribution in [1.82, 2.24) is 10.2 Å². The van der Waals surface area contributed by atoms with Crippen molar-refractivity contribution in [3.05, 3.63) is 17.2 Å². The first-order valence-corrected chi connectivity index (χ1v) is 11.9. The lowest BCUT2D eigenvalue weighted by molar-refractivity contribution is -0.0571. The zero-order valence-corrected chi connectivity index (χ0v) is 17.5. The Morgan fingerprint density at radius 3 is 2.93 bits per heavy atom. The predicted molar refractivity (Wildman–Crippen MR) is 106 cm³/mol.